The summed E-state index contributed by atoms with van der Waals surface area (Å²) in [5.74, 6) is -0.363. The third-order valence-corrected chi connectivity index (χ3v) is 8.49. The zero-order valence-electron chi connectivity index (χ0n) is 18.1. The molecule has 1 aromatic carbocycles. The van der Waals surface area contributed by atoms with Crippen molar-refractivity contribution in [2.45, 2.75) is 55.7 Å². The van der Waals surface area contributed by atoms with Crippen LogP contribution in [0.25, 0.3) is 0 Å². The molecule has 1 aromatic heterocycles. The smallest absolute Gasteiger partial charge is 0.252 e. The minimum absolute atomic E-state index is 0.0269. The second kappa shape index (κ2) is 10.5. The fraction of sp³-hybridized carbons (Fsp3) is 0.476. The summed E-state index contributed by atoms with van der Waals surface area (Å²) in [6.45, 7) is 2.14. The highest BCUT2D eigenvalue weighted by Crippen LogP contribution is 2.29. The Bertz CT molecular complexity index is 1110. The van der Waals surface area contributed by atoms with Gasteiger partial charge in [0.2, 0.25) is 10.0 Å². The van der Waals surface area contributed by atoms with E-state index in [0.717, 1.165) is 30.0 Å². The van der Waals surface area contributed by atoms with E-state index in [-0.39, 0.29) is 22.0 Å². The first-order valence-electron chi connectivity index (χ1n) is 10.5. The van der Waals surface area contributed by atoms with Crippen LogP contribution in [0.1, 0.15) is 55.1 Å². The summed E-state index contributed by atoms with van der Waals surface area (Å²) in [6, 6.07) is 5.65. The quantitative estimate of drug-likeness (QED) is 0.408. The van der Waals surface area contributed by atoms with E-state index in [0.29, 0.717) is 11.5 Å². The van der Waals surface area contributed by atoms with Gasteiger partial charge < -0.3 is 9.84 Å². The number of hydrogen-bond acceptors (Lipinski definition) is 7. The maximum atomic E-state index is 12.8. The van der Waals surface area contributed by atoms with Crippen LogP contribution in [0, 0.1) is 0 Å². The molecule has 3 rings (SSSR count). The molecule has 0 spiro atoms. The molecule has 0 radical (unpaired) electrons. The van der Waals surface area contributed by atoms with E-state index in [2.05, 4.69) is 17.4 Å². The van der Waals surface area contributed by atoms with E-state index in [9.17, 15) is 22.2 Å². The normalized spacial score (nSPS) is 18.8. The minimum atomic E-state index is -4.00. The molecule has 11 heteroatoms. The van der Waals surface area contributed by atoms with Gasteiger partial charge in [0.25, 0.3) is 5.91 Å². The topological polar surface area (TPSA) is 127 Å². The maximum Gasteiger partial charge on any atom is 0.252 e. The Morgan fingerprint density at radius 2 is 1.94 bits per heavy atom. The van der Waals surface area contributed by atoms with E-state index >= 15 is 0 Å². The van der Waals surface area contributed by atoms with Crippen LogP contribution in [0.15, 0.2) is 39.8 Å². The molecule has 1 amide bonds. The first-order chi connectivity index (χ1) is 15.3. The van der Waals surface area contributed by atoms with Crippen LogP contribution in [-0.2, 0) is 31.4 Å². The van der Waals surface area contributed by atoms with Crippen LogP contribution in [-0.4, -0.2) is 52.6 Å². The second-order valence-corrected chi connectivity index (χ2v) is 11.2. The predicted molar refractivity (Wildman–Crippen MR) is 120 cm³/mol. The van der Waals surface area contributed by atoms with Crippen LogP contribution < -0.4 is 5.32 Å². The SMILES string of the molecule is CCCCCCCS(=O)Cc1cc(NC(=O)C2C(=O)c3ccccc3S(=O)(=O)N2C)no1. The number of ketones is 1. The zero-order chi connectivity index (χ0) is 23.3. The molecule has 0 bridgehead atoms. The summed E-state index contributed by atoms with van der Waals surface area (Å²) in [7, 11) is -3.93. The first-order valence-corrected chi connectivity index (χ1v) is 13.4. The molecule has 1 N–H and O–H groups in total. The Hall–Kier alpha value is -2.37. The number of likely N-dealkylation sites (N-methyl/N-ethyl adjacent to an activating group) is 1. The fourth-order valence-electron chi connectivity index (χ4n) is 3.52. The van der Waals surface area contributed by atoms with Crippen molar-refractivity contribution in [3.05, 3.63) is 41.7 Å². The highest BCUT2D eigenvalue weighted by molar-refractivity contribution is 7.89. The Labute approximate surface area is 190 Å². The number of carbonyl (C=O) groups excluding carboxylic acids is 2. The summed E-state index contributed by atoms with van der Waals surface area (Å²) in [5, 5.41) is 6.17. The molecule has 0 saturated heterocycles. The summed E-state index contributed by atoms with van der Waals surface area (Å²) in [4.78, 5) is 25.5. The summed E-state index contributed by atoms with van der Waals surface area (Å²) < 4.78 is 43.5. The van der Waals surface area contributed by atoms with Crippen molar-refractivity contribution < 1.29 is 26.7 Å². The van der Waals surface area contributed by atoms with Crippen LogP contribution in [0.3, 0.4) is 0 Å². The van der Waals surface area contributed by atoms with E-state index in [1.807, 2.05) is 0 Å². The van der Waals surface area contributed by atoms with Crippen LogP contribution in [0.2, 0.25) is 0 Å². The molecule has 2 heterocycles. The van der Waals surface area contributed by atoms with E-state index < -0.39 is 38.6 Å². The number of anilines is 1. The fourth-order valence-corrected chi connectivity index (χ4v) is 6.12. The summed E-state index contributed by atoms with van der Waals surface area (Å²) in [6.07, 6.45) is 5.35. The monoisotopic (exact) mass is 481 g/mol. The van der Waals surface area contributed by atoms with Gasteiger partial charge in [0.1, 0.15) is 0 Å². The van der Waals surface area contributed by atoms with Gasteiger partial charge in [0.15, 0.2) is 23.4 Å². The van der Waals surface area contributed by atoms with Gasteiger partial charge in [-0.25, -0.2) is 8.42 Å². The Morgan fingerprint density at radius 3 is 2.69 bits per heavy atom. The largest absolute Gasteiger partial charge is 0.358 e. The number of amides is 1. The van der Waals surface area contributed by atoms with Crippen molar-refractivity contribution in [2.24, 2.45) is 0 Å². The molecule has 9 nitrogen and oxygen atoms in total. The van der Waals surface area contributed by atoms with Gasteiger partial charge in [-0.15, -0.1) is 0 Å². The number of nitrogens with one attached hydrogen (secondary N) is 1. The number of benzene rings is 1. The lowest BCUT2D eigenvalue weighted by molar-refractivity contribution is -0.118. The number of Topliss-reactive ketones (excluding diaryl/α,β-unsaturated/α-hetero) is 1. The highest BCUT2D eigenvalue weighted by atomic mass is 32.2. The van der Waals surface area contributed by atoms with Crippen molar-refractivity contribution in [2.75, 3.05) is 18.1 Å². The number of fused-ring (bicyclic) bond motifs is 1. The molecular formula is C21H27N3O6S2. The van der Waals surface area contributed by atoms with Crippen molar-refractivity contribution in [3.8, 4) is 0 Å². The molecule has 1 aliphatic rings. The minimum Gasteiger partial charge on any atom is -0.358 e. The van der Waals surface area contributed by atoms with E-state index in [1.54, 1.807) is 6.07 Å². The van der Waals surface area contributed by atoms with E-state index in [4.69, 9.17) is 4.52 Å². The molecule has 2 atom stereocenters. The van der Waals surface area contributed by atoms with Gasteiger partial charge in [-0.3, -0.25) is 13.8 Å². The molecule has 0 saturated carbocycles. The van der Waals surface area contributed by atoms with Crippen molar-refractivity contribution in [1.29, 1.82) is 0 Å². The molecule has 0 aliphatic carbocycles. The number of unbranched alkanes of at least 4 members (excludes halogenated alkanes) is 4. The van der Waals surface area contributed by atoms with E-state index in [1.165, 1.54) is 37.7 Å². The van der Waals surface area contributed by atoms with Gasteiger partial charge in [-0.1, -0.05) is 49.9 Å². The number of nitrogens with zero attached hydrogens (tertiary/aromatic N) is 2. The number of rotatable bonds is 10. The van der Waals surface area contributed by atoms with Crippen LogP contribution >= 0.6 is 0 Å². The van der Waals surface area contributed by atoms with Gasteiger partial charge in [0.05, 0.1) is 10.6 Å². The van der Waals surface area contributed by atoms with Crippen molar-refractivity contribution in [1.82, 2.24) is 9.46 Å². The third-order valence-electron chi connectivity index (χ3n) is 5.26. The summed E-state index contributed by atoms with van der Waals surface area (Å²) in [5.41, 5.74) is -0.0269. The van der Waals surface area contributed by atoms with Crippen LogP contribution in [0.5, 0.6) is 0 Å². The molecule has 174 valence electrons. The Kier molecular flexibility index (Phi) is 7.96. The average molecular weight is 482 g/mol. The highest BCUT2D eigenvalue weighted by Gasteiger charge is 2.45. The Balaban J connectivity index is 1.63. The maximum absolute atomic E-state index is 12.8. The summed E-state index contributed by atoms with van der Waals surface area (Å²) >= 11 is 0. The molecular weight excluding hydrogens is 454 g/mol. The molecule has 2 aromatic rings. The standard InChI is InChI=1S/C21H27N3O6S2/c1-3-4-5-6-9-12-31(27)14-15-13-18(23-30-15)22-21(26)19-20(25)16-10-7-8-11-17(16)32(28,29)24(19)2/h7-8,10-11,13,19H,3-6,9,12,14H2,1-2H3,(H,22,23,26). The average Bonchev–Trinajstić information content (AvgIpc) is 3.19. The van der Waals surface area contributed by atoms with Gasteiger partial charge in [-0.05, 0) is 18.6 Å². The molecule has 2 unspecified atom stereocenters. The zero-order valence-corrected chi connectivity index (χ0v) is 19.7. The lowest BCUT2D eigenvalue weighted by Gasteiger charge is -2.30. The van der Waals surface area contributed by atoms with Gasteiger partial charge in [0, 0.05) is 35.2 Å². The number of sulfonamides is 1. The number of aromatic nitrogens is 1. The van der Waals surface area contributed by atoms with Gasteiger partial charge >= 0.3 is 0 Å². The van der Waals surface area contributed by atoms with Crippen molar-refractivity contribution >= 4 is 38.3 Å². The van der Waals surface area contributed by atoms with Crippen LogP contribution in [0.4, 0.5) is 5.82 Å². The number of hydrogen-bond donors (Lipinski definition) is 1. The molecule has 32 heavy (non-hydrogen) atoms. The lowest BCUT2D eigenvalue weighted by Crippen LogP contribution is -2.53. The first kappa shape index (κ1) is 24.3. The molecule has 1 aliphatic heterocycles. The predicted octanol–water partition coefficient (Wildman–Crippen LogP) is 2.72. The second-order valence-electron chi connectivity index (χ2n) is 7.65. The third kappa shape index (κ3) is 5.33. The van der Waals surface area contributed by atoms with Gasteiger partial charge in [-0.2, -0.15) is 4.31 Å². The lowest BCUT2D eigenvalue weighted by atomic mass is 10.0. The Morgan fingerprint density at radius 1 is 1.22 bits per heavy atom. The molecule has 0 fully saturated rings. The van der Waals surface area contributed by atoms with Crippen molar-refractivity contribution in [3.63, 3.8) is 0 Å². The number of carbonyl (C=O) groups is 2.